The molecule has 0 heterocycles. The maximum atomic E-state index is 12.3. The molecule has 0 amide bonds. The number of fused-ring (bicyclic) bond motifs is 4. The number of carbonyl (C=O) groups is 2. The molecule has 0 bridgehead atoms. The van der Waals surface area contributed by atoms with Crippen molar-refractivity contribution in [1.29, 1.82) is 0 Å². The molecule has 0 saturated heterocycles. The van der Waals surface area contributed by atoms with E-state index < -0.39 is 0 Å². The van der Waals surface area contributed by atoms with E-state index in [1.165, 1.54) is 22.3 Å². The molecule has 2 fully saturated rings. The van der Waals surface area contributed by atoms with Crippen LogP contribution in [0.1, 0.15) is 82.3 Å². The Hall–Kier alpha value is -2.57. The van der Waals surface area contributed by atoms with Crippen LogP contribution in [0.2, 0.25) is 0 Å². The van der Waals surface area contributed by atoms with Crippen molar-refractivity contribution in [1.82, 2.24) is 0 Å². The molecule has 198 valence electrons. The highest BCUT2D eigenvalue weighted by Gasteiger charge is 2.63. The van der Waals surface area contributed by atoms with Gasteiger partial charge in [-0.05, 0) is 73.1 Å². The monoisotopic (exact) mass is 505 g/mol. The molecular formula is C31H39NO5. The Morgan fingerprint density at radius 1 is 1.14 bits per heavy atom. The van der Waals surface area contributed by atoms with Gasteiger partial charge in [0.15, 0.2) is 17.3 Å². The van der Waals surface area contributed by atoms with Crippen molar-refractivity contribution in [2.75, 3.05) is 20.8 Å². The lowest BCUT2D eigenvalue weighted by molar-refractivity contribution is -0.149. The van der Waals surface area contributed by atoms with Gasteiger partial charge in [0, 0.05) is 44.0 Å². The van der Waals surface area contributed by atoms with Gasteiger partial charge in [-0.3, -0.25) is 9.59 Å². The van der Waals surface area contributed by atoms with E-state index in [1.54, 1.807) is 14.0 Å². The number of hydrogen-bond donors (Lipinski definition) is 1. The summed E-state index contributed by atoms with van der Waals surface area (Å²) in [6.45, 7) is 4.75. The highest BCUT2D eigenvalue weighted by molar-refractivity contribution is 6.45. The highest BCUT2D eigenvalue weighted by atomic mass is 16.5. The van der Waals surface area contributed by atoms with E-state index in [0.717, 1.165) is 38.5 Å². The second-order valence-electron chi connectivity index (χ2n) is 11.5. The van der Waals surface area contributed by atoms with Crippen LogP contribution in [0.4, 0.5) is 0 Å². The summed E-state index contributed by atoms with van der Waals surface area (Å²) in [4.78, 5) is 24.6. The minimum Gasteiger partial charge on any atom is -0.410 e. The molecule has 0 radical (unpaired) electrons. The Kier molecular flexibility index (Phi) is 7.01. The van der Waals surface area contributed by atoms with Crippen LogP contribution in [0.15, 0.2) is 52.2 Å². The van der Waals surface area contributed by atoms with Crippen molar-refractivity contribution in [3.05, 3.63) is 58.2 Å². The van der Waals surface area contributed by atoms with Crippen molar-refractivity contribution in [3.63, 3.8) is 0 Å². The van der Waals surface area contributed by atoms with E-state index in [4.69, 9.17) is 9.47 Å². The van der Waals surface area contributed by atoms with E-state index >= 15 is 0 Å². The SMILES string of the molecule is CCC(=O)/C(=N/O)c1ccc([C@H]2C[C@@]3(C)[C@@H](CC[C@]3(COC)OC)[C@@H]3CCC4=CC(=O)CCC4=C32)cc1. The number of ketones is 2. The summed E-state index contributed by atoms with van der Waals surface area (Å²) >= 11 is 0. The van der Waals surface area contributed by atoms with Gasteiger partial charge in [-0.15, -0.1) is 0 Å². The first-order valence-corrected chi connectivity index (χ1v) is 13.7. The number of hydrogen-bond acceptors (Lipinski definition) is 6. The number of methoxy groups -OCH3 is 2. The molecule has 1 N–H and O–H groups in total. The molecule has 0 aromatic heterocycles. The van der Waals surface area contributed by atoms with Gasteiger partial charge in [-0.2, -0.15) is 0 Å². The average Bonchev–Trinajstić information content (AvgIpc) is 3.20. The van der Waals surface area contributed by atoms with Crippen LogP contribution in [0.25, 0.3) is 0 Å². The summed E-state index contributed by atoms with van der Waals surface area (Å²) < 4.78 is 12.1. The summed E-state index contributed by atoms with van der Waals surface area (Å²) in [5, 5.41) is 12.8. The largest absolute Gasteiger partial charge is 0.410 e. The van der Waals surface area contributed by atoms with E-state index in [-0.39, 0.29) is 40.6 Å². The van der Waals surface area contributed by atoms with Crippen molar-refractivity contribution in [2.24, 2.45) is 22.4 Å². The summed E-state index contributed by atoms with van der Waals surface area (Å²) in [5.41, 5.74) is 5.71. The summed E-state index contributed by atoms with van der Waals surface area (Å²) in [6, 6.07) is 8.00. The smallest absolute Gasteiger partial charge is 0.184 e. The third-order valence-corrected chi connectivity index (χ3v) is 10.1. The summed E-state index contributed by atoms with van der Waals surface area (Å²) in [5.74, 6) is 1.21. The predicted octanol–water partition coefficient (Wildman–Crippen LogP) is 5.78. The first kappa shape index (κ1) is 26.1. The maximum Gasteiger partial charge on any atom is 0.184 e. The zero-order valence-corrected chi connectivity index (χ0v) is 22.5. The standard InChI is InChI=1S/C31H39NO5/c1-5-27(34)29(32-35)20-8-6-19(7-9-20)25-17-30(2)26(14-15-31(30,37-4)18-36-3)24-12-10-21-16-22(33)11-13-23(21)28(24)25/h6-9,16,24-26,35H,5,10-15,17-18H2,1-4H3/b32-29+/t24-,25+,26-,30-,31+/m0/s1. The van der Waals surface area contributed by atoms with Crippen LogP contribution < -0.4 is 0 Å². The van der Waals surface area contributed by atoms with Gasteiger partial charge < -0.3 is 14.7 Å². The molecule has 4 aliphatic rings. The van der Waals surface area contributed by atoms with Crippen LogP contribution in [0.3, 0.4) is 0 Å². The lowest BCUT2D eigenvalue weighted by atomic mass is 9.51. The summed E-state index contributed by atoms with van der Waals surface area (Å²) in [7, 11) is 3.60. The van der Waals surface area contributed by atoms with Crippen LogP contribution >= 0.6 is 0 Å². The minimum atomic E-state index is -0.330. The first-order chi connectivity index (χ1) is 17.8. The highest BCUT2D eigenvalue weighted by Crippen LogP contribution is 2.67. The maximum absolute atomic E-state index is 12.3. The van der Waals surface area contributed by atoms with Gasteiger partial charge in [-0.1, -0.05) is 48.8 Å². The molecule has 6 heteroatoms. The van der Waals surface area contributed by atoms with E-state index in [9.17, 15) is 14.8 Å². The molecule has 0 unspecified atom stereocenters. The molecule has 5 atom stereocenters. The van der Waals surface area contributed by atoms with Crippen molar-refractivity contribution >= 4 is 17.3 Å². The Morgan fingerprint density at radius 3 is 2.54 bits per heavy atom. The molecule has 2 saturated carbocycles. The summed E-state index contributed by atoms with van der Waals surface area (Å²) in [6.07, 6.45) is 8.67. The molecule has 37 heavy (non-hydrogen) atoms. The van der Waals surface area contributed by atoms with Crippen molar-refractivity contribution in [3.8, 4) is 0 Å². The lowest BCUT2D eigenvalue weighted by Crippen LogP contribution is -2.54. The third kappa shape index (κ3) is 4.04. The van der Waals surface area contributed by atoms with Gasteiger partial charge in [0.25, 0.3) is 0 Å². The zero-order valence-electron chi connectivity index (χ0n) is 22.5. The fraction of sp³-hybridized carbons (Fsp3) is 0.581. The van der Waals surface area contributed by atoms with E-state index in [0.29, 0.717) is 30.4 Å². The molecule has 0 aliphatic heterocycles. The van der Waals surface area contributed by atoms with Crippen molar-refractivity contribution in [2.45, 2.75) is 76.7 Å². The van der Waals surface area contributed by atoms with Crippen LogP contribution in [0, 0.1) is 17.3 Å². The Balaban J connectivity index is 1.63. The number of benzene rings is 1. The first-order valence-electron chi connectivity index (χ1n) is 13.7. The number of ether oxygens (including phenoxy) is 2. The van der Waals surface area contributed by atoms with Crippen LogP contribution in [-0.2, 0) is 19.1 Å². The number of allylic oxidation sites excluding steroid dienone is 4. The Morgan fingerprint density at radius 2 is 1.89 bits per heavy atom. The number of Topliss-reactive ketones (excluding diaryl/α,β-unsaturated/α-hetero) is 1. The fourth-order valence-electron chi connectivity index (χ4n) is 8.22. The predicted molar refractivity (Wildman–Crippen MR) is 142 cm³/mol. The normalized spacial score (nSPS) is 33.5. The molecule has 1 aromatic carbocycles. The van der Waals surface area contributed by atoms with Gasteiger partial charge >= 0.3 is 0 Å². The molecule has 4 aliphatic carbocycles. The molecule has 6 nitrogen and oxygen atoms in total. The van der Waals surface area contributed by atoms with Crippen LogP contribution in [0.5, 0.6) is 0 Å². The Labute approximate surface area is 219 Å². The molecule has 5 rings (SSSR count). The number of oxime groups is 1. The van der Waals surface area contributed by atoms with Gasteiger partial charge in [0.1, 0.15) is 0 Å². The fourth-order valence-corrected chi connectivity index (χ4v) is 8.22. The van der Waals surface area contributed by atoms with E-state index in [1.807, 2.05) is 25.3 Å². The van der Waals surface area contributed by atoms with Crippen molar-refractivity contribution < 1.29 is 24.3 Å². The zero-order chi connectivity index (χ0) is 26.4. The second-order valence-corrected chi connectivity index (χ2v) is 11.5. The lowest BCUT2D eigenvalue weighted by Gasteiger charge is -2.55. The second kappa shape index (κ2) is 9.95. The number of carbonyl (C=O) groups excluding carboxylic acids is 2. The topological polar surface area (TPSA) is 85.2 Å². The van der Waals surface area contributed by atoms with Crippen LogP contribution in [-0.4, -0.2) is 48.9 Å². The van der Waals surface area contributed by atoms with Gasteiger partial charge in [0.05, 0.1) is 12.2 Å². The molecular weight excluding hydrogens is 466 g/mol. The molecule has 1 aromatic rings. The van der Waals surface area contributed by atoms with Gasteiger partial charge in [0.2, 0.25) is 0 Å². The number of rotatable bonds is 7. The average molecular weight is 506 g/mol. The van der Waals surface area contributed by atoms with Gasteiger partial charge in [-0.25, -0.2) is 0 Å². The minimum absolute atomic E-state index is 0.0581. The number of nitrogens with zero attached hydrogens (tertiary/aromatic N) is 1. The third-order valence-electron chi connectivity index (χ3n) is 10.1. The quantitative estimate of drug-likeness (QED) is 0.289. The van der Waals surface area contributed by atoms with E-state index in [2.05, 4.69) is 24.2 Å². The Bertz CT molecular complexity index is 1180. The molecule has 0 spiro atoms.